The van der Waals surface area contributed by atoms with Gasteiger partial charge in [0.1, 0.15) is 0 Å². The molecule has 0 aromatic heterocycles. The monoisotopic (exact) mass is 258 g/mol. The highest BCUT2D eigenvalue weighted by Crippen LogP contribution is 2.53. The van der Waals surface area contributed by atoms with Gasteiger partial charge in [0.2, 0.25) is 0 Å². The van der Waals surface area contributed by atoms with Gasteiger partial charge in [0, 0.05) is 13.1 Å². The number of nitrogens with zero attached hydrogens (tertiary/aromatic N) is 2. The van der Waals surface area contributed by atoms with Gasteiger partial charge < -0.3 is 14.5 Å². The van der Waals surface area contributed by atoms with Crippen molar-refractivity contribution >= 4 is 6.03 Å². The number of carbonyl (C=O) groups excluding carboxylic acids is 1. The van der Waals surface area contributed by atoms with E-state index in [1.54, 1.807) is 0 Å². The summed E-state index contributed by atoms with van der Waals surface area (Å²) in [6.07, 6.45) is 2.22. The fourth-order valence-electron chi connectivity index (χ4n) is 3.72. The number of fused-ring (bicyclic) bond motifs is 5. The molecule has 1 aromatic rings. The first kappa shape index (κ1) is 11.3. The molecule has 3 aliphatic rings. The molecule has 4 heteroatoms. The van der Waals surface area contributed by atoms with Crippen LogP contribution < -0.4 is 0 Å². The van der Waals surface area contributed by atoms with Crippen molar-refractivity contribution in [3.05, 3.63) is 35.4 Å². The minimum atomic E-state index is 0.201. The molecular formula is C15H18N2O2. The highest BCUT2D eigenvalue weighted by Gasteiger charge is 2.47. The van der Waals surface area contributed by atoms with Gasteiger partial charge in [0.05, 0.1) is 25.3 Å². The molecule has 2 unspecified atom stereocenters. The van der Waals surface area contributed by atoms with Crippen molar-refractivity contribution in [1.82, 2.24) is 9.80 Å². The second-order valence-corrected chi connectivity index (χ2v) is 5.53. The van der Waals surface area contributed by atoms with Gasteiger partial charge in [-0.05, 0) is 24.0 Å². The van der Waals surface area contributed by atoms with E-state index in [4.69, 9.17) is 4.74 Å². The maximum Gasteiger partial charge on any atom is 0.321 e. The Bertz CT molecular complexity index is 480. The molecule has 0 spiro atoms. The molecule has 0 radical (unpaired) electrons. The fourth-order valence-corrected chi connectivity index (χ4v) is 3.72. The van der Waals surface area contributed by atoms with Crippen molar-refractivity contribution < 1.29 is 9.53 Å². The maximum absolute atomic E-state index is 12.7. The van der Waals surface area contributed by atoms with E-state index in [9.17, 15) is 4.79 Å². The third-order valence-electron chi connectivity index (χ3n) is 4.60. The molecule has 100 valence electrons. The summed E-state index contributed by atoms with van der Waals surface area (Å²) < 4.78 is 5.33. The SMILES string of the molecule is O=C(N1CCOCC1)N1C2CCC1c1ccccc12. The van der Waals surface area contributed by atoms with E-state index in [0.29, 0.717) is 25.3 Å². The van der Waals surface area contributed by atoms with Crippen molar-refractivity contribution in [1.29, 1.82) is 0 Å². The van der Waals surface area contributed by atoms with Gasteiger partial charge in [-0.15, -0.1) is 0 Å². The van der Waals surface area contributed by atoms with Gasteiger partial charge in [-0.25, -0.2) is 4.79 Å². The molecule has 2 bridgehead atoms. The summed E-state index contributed by atoms with van der Waals surface area (Å²) in [6.45, 7) is 2.79. The number of morpholine rings is 1. The molecular weight excluding hydrogens is 240 g/mol. The molecule has 2 fully saturated rings. The average Bonchev–Trinajstić information content (AvgIpc) is 3.04. The van der Waals surface area contributed by atoms with Crippen molar-refractivity contribution in [3.8, 4) is 0 Å². The van der Waals surface area contributed by atoms with Crippen molar-refractivity contribution in [2.45, 2.75) is 24.9 Å². The number of urea groups is 1. The van der Waals surface area contributed by atoms with E-state index in [1.807, 2.05) is 4.90 Å². The summed E-state index contributed by atoms with van der Waals surface area (Å²) in [6, 6.07) is 9.32. The molecule has 1 aromatic carbocycles. The third-order valence-corrected chi connectivity index (χ3v) is 4.60. The normalized spacial score (nSPS) is 28.6. The minimum Gasteiger partial charge on any atom is -0.378 e. The Hall–Kier alpha value is -1.55. The lowest BCUT2D eigenvalue weighted by atomic mass is 9.92. The van der Waals surface area contributed by atoms with Crippen LogP contribution in [0.4, 0.5) is 4.79 Å². The average molecular weight is 258 g/mol. The van der Waals surface area contributed by atoms with Crippen molar-refractivity contribution in [2.24, 2.45) is 0 Å². The summed E-state index contributed by atoms with van der Waals surface area (Å²) >= 11 is 0. The largest absolute Gasteiger partial charge is 0.378 e. The summed E-state index contributed by atoms with van der Waals surface area (Å²) in [7, 11) is 0. The number of hydrogen-bond donors (Lipinski definition) is 0. The van der Waals surface area contributed by atoms with Gasteiger partial charge in [-0.3, -0.25) is 0 Å². The standard InChI is InChI=1S/C15H18N2O2/c18-15(16-7-9-19-10-8-16)17-13-5-6-14(17)12-4-2-1-3-11(12)13/h1-4,13-14H,5-10H2. The highest BCUT2D eigenvalue weighted by molar-refractivity contribution is 5.77. The first-order chi connectivity index (χ1) is 9.36. The minimum absolute atomic E-state index is 0.201. The highest BCUT2D eigenvalue weighted by atomic mass is 16.5. The van der Waals surface area contributed by atoms with Crippen LogP contribution in [0.25, 0.3) is 0 Å². The van der Waals surface area contributed by atoms with E-state index in [2.05, 4.69) is 29.2 Å². The van der Waals surface area contributed by atoms with E-state index in [-0.39, 0.29) is 6.03 Å². The van der Waals surface area contributed by atoms with Crippen LogP contribution in [-0.2, 0) is 4.74 Å². The Balaban J connectivity index is 1.62. The molecule has 4 rings (SSSR count). The van der Waals surface area contributed by atoms with Crippen LogP contribution in [0.3, 0.4) is 0 Å². The van der Waals surface area contributed by atoms with E-state index in [0.717, 1.165) is 25.9 Å². The number of hydrogen-bond acceptors (Lipinski definition) is 2. The fraction of sp³-hybridized carbons (Fsp3) is 0.533. The van der Waals surface area contributed by atoms with Crippen LogP contribution in [0.5, 0.6) is 0 Å². The zero-order valence-electron chi connectivity index (χ0n) is 10.9. The number of carbonyl (C=O) groups is 1. The lowest BCUT2D eigenvalue weighted by Crippen LogP contribution is -2.47. The van der Waals surface area contributed by atoms with Crippen LogP contribution in [0.15, 0.2) is 24.3 Å². The van der Waals surface area contributed by atoms with Crippen molar-refractivity contribution in [3.63, 3.8) is 0 Å². The Kier molecular flexibility index (Phi) is 2.52. The Morgan fingerprint density at radius 2 is 1.63 bits per heavy atom. The molecule has 3 heterocycles. The van der Waals surface area contributed by atoms with E-state index < -0.39 is 0 Å². The number of benzene rings is 1. The van der Waals surface area contributed by atoms with Gasteiger partial charge in [-0.2, -0.15) is 0 Å². The second-order valence-electron chi connectivity index (χ2n) is 5.53. The van der Waals surface area contributed by atoms with E-state index >= 15 is 0 Å². The molecule has 19 heavy (non-hydrogen) atoms. The Labute approximate surface area is 112 Å². The van der Waals surface area contributed by atoms with Gasteiger partial charge in [-0.1, -0.05) is 24.3 Å². The van der Waals surface area contributed by atoms with E-state index in [1.165, 1.54) is 11.1 Å². The predicted octanol–water partition coefficient (Wildman–Crippen LogP) is 2.33. The van der Waals surface area contributed by atoms with Gasteiger partial charge in [0.25, 0.3) is 0 Å². The van der Waals surface area contributed by atoms with Crippen LogP contribution in [-0.4, -0.2) is 42.1 Å². The zero-order chi connectivity index (χ0) is 12.8. The molecule has 2 saturated heterocycles. The smallest absolute Gasteiger partial charge is 0.321 e. The first-order valence-electron chi connectivity index (χ1n) is 7.10. The molecule has 3 aliphatic heterocycles. The summed E-state index contributed by atoms with van der Waals surface area (Å²) in [4.78, 5) is 16.8. The molecule has 2 amide bonds. The third kappa shape index (κ3) is 1.59. The van der Waals surface area contributed by atoms with Crippen LogP contribution in [0.1, 0.15) is 36.1 Å². The molecule has 2 atom stereocenters. The zero-order valence-corrected chi connectivity index (χ0v) is 10.9. The van der Waals surface area contributed by atoms with Crippen molar-refractivity contribution in [2.75, 3.05) is 26.3 Å². The molecule has 0 saturated carbocycles. The number of amides is 2. The lowest BCUT2D eigenvalue weighted by molar-refractivity contribution is 0.0400. The topological polar surface area (TPSA) is 32.8 Å². The number of rotatable bonds is 0. The lowest BCUT2D eigenvalue weighted by Gasteiger charge is -2.33. The maximum atomic E-state index is 12.7. The predicted molar refractivity (Wildman–Crippen MR) is 70.8 cm³/mol. The molecule has 0 aliphatic carbocycles. The van der Waals surface area contributed by atoms with Gasteiger partial charge >= 0.3 is 6.03 Å². The quantitative estimate of drug-likeness (QED) is 0.715. The summed E-state index contributed by atoms with van der Waals surface area (Å²) in [5, 5.41) is 0. The molecule has 4 nitrogen and oxygen atoms in total. The number of ether oxygens (including phenoxy) is 1. The molecule has 0 N–H and O–H groups in total. The summed E-state index contributed by atoms with van der Waals surface area (Å²) in [5.74, 6) is 0. The van der Waals surface area contributed by atoms with Gasteiger partial charge in [0.15, 0.2) is 0 Å². The second kappa shape index (κ2) is 4.23. The Morgan fingerprint density at radius 3 is 2.21 bits per heavy atom. The van der Waals surface area contributed by atoms with Crippen LogP contribution in [0, 0.1) is 0 Å². The Morgan fingerprint density at radius 1 is 1.05 bits per heavy atom. The van der Waals surface area contributed by atoms with Crippen LogP contribution in [0.2, 0.25) is 0 Å². The first-order valence-corrected chi connectivity index (χ1v) is 7.10. The van der Waals surface area contributed by atoms with Crippen LogP contribution >= 0.6 is 0 Å². The summed E-state index contributed by atoms with van der Waals surface area (Å²) in [5.41, 5.74) is 2.72.